The van der Waals surface area contributed by atoms with E-state index in [4.69, 9.17) is 4.42 Å². The summed E-state index contributed by atoms with van der Waals surface area (Å²) in [5.41, 5.74) is 0. The van der Waals surface area contributed by atoms with Crippen molar-refractivity contribution < 1.29 is 13.9 Å². The summed E-state index contributed by atoms with van der Waals surface area (Å²) in [6.07, 6.45) is 2.00. The monoisotopic (exact) mass is 198 g/mol. The highest BCUT2D eigenvalue weighted by atomic mass is 16.5. The van der Waals surface area contributed by atoms with Crippen LogP contribution in [-0.4, -0.2) is 17.7 Å². The number of hydrogen-bond acceptors (Lipinski definition) is 4. The van der Waals surface area contributed by atoms with Crippen LogP contribution >= 0.6 is 0 Å². The highest BCUT2D eigenvalue weighted by Crippen LogP contribution is 2.03. The van der Waals surface area contributed by atoms with Crippen LogP contribution in [0.15, 0.2) is 10.6 Å². The molecule has 0 aliphatic heterocycles. The Bertz CT molecular complexity index is 296. The molecule has 1 aromatic rings. The fourth-order valence-corrected chi connectivity index (χ4v) is 0.923. The average Bonchev–Trinajstić information content (AvgIpc) is 2.63. The molecule has 0 aromatic carbocycles. The number of carbonyl (C=O) groups excluding carboxylic acids is 1. The number of ether oxygens (including phenoxy) is 1. The SMILES string of the molecule is CCOC(=O)NCc1ncc(CC)o1. The van der Waals surface area contributed by atoms with E-state index in [2.05, 4.69) is 15.0 Å². The number of amides is 1. The number of aromatic nitrogens is 1. The van der Waals surface area contributed by atoms with Crippen molar-refractivity contribution >= 4 is 6.09 Å². The molecule has 0 saturated carbocycles. The van der Waals surface area contributed by atoms with Gasteiger partial charge in [-0.25, -0.2) is 9.78 Å². The maximum absolute atomic E-state index is 10.9. The lowest BCUT2D eigenvalue weighted by Gasteiger charge is -2.01. The lowest BCUT2D eigenvalue weighted by molar-refractivity contribution is 0.150. The minimum Gasteiger partial charge on any atom is -0.450 e. The van der Waals surface area contributed by atoms with Crippen LogP contribution in [0, 0.1) is 0 Å². The molecule has 0 atom stereocenters. The minimum atomic E-state index is -0.455. The van der Waals surface area contributed by atoms with Gasteiger partial charge in [0.1, 0.15) is 5.76 Å². The first kappa shape index (κ1) is 10.6. The summed E-state index contributed by atoms with van der Waals surface area (Å²) in [4.78, 5) is 14.9. The van der Waals surface area contributed by atoms with Gasteiger partial charge in [0, 0.05) is 6.42 Å². The Kier molecular flexibility index (Phi) is 3.97. The maximum atomic E-state index is 10.9. The number of aryl methyl sites for hydroxylation is 1. The Morgan fingerprint density at radius 3 is 3.00 bits per heavy atom. The molecule has 0 radical (unpaired) electrons. The predicted molar refractivity (Wildman–Crippen MR) is 49.7 cm³/mol. The van der Waals surface area contributed by atoms with Crippen molar-refractivity contribution in [3.05, 3.63) is 17.8 Å². The Morgan fingerprint density at radius 2 is 2.43 bits per heavy atom. The van der Waals surface area contributed by atoms with E-state index in [-0.39, 0.29) is 6.54 Å². The molecule has 5 heteroatoms. The summed E-state index contributed by atoms with van der Waals surface area (Å²) in [6.45, 7) is 4.35. The Balaban J connectivity index is 2.34. The van der Waals surface area contributed by atoms with E-state index in [0.717, 1.165) is 12.2 Å². The molecule has 0 fully saturated rings. The molecular formula is C9H14N2O3. The van der Waals surface area contributed by atoms with Crippen LogP contribution in [0.1, 0.15) is 25.5 Å². The van der Waals surface area contributed by atoms with Gasteiger partial charge in [0.2, 0.25) is 5.89 Å². The van der Waals surface area contributed by atoms with E-state index < -0.39 is 6.09 Å². The average molecular weight is 198 g/mol. The second kappa shape index (κ2) is 5.26. The first-order chi connectivity index (χ1) is 6.76. The molecule has 1 N–H and O–H groups in total. The van der Waals surface area contributed by atoms with Crippen molar-refractivity contribution in [1.82, 2.24) is 10.3 Å². The van der Waals surface area contributed by atoms with Gasteiger partial charge in [-0.05, 0) is 6.92 Å². The lowest BCUT2D eigenvalue weighted by Crippen LogP contribution is -2.23. The van der Waals surface area contributed by atoms with Crippen LogP contribution in [0.2, 0.25) is 0 Å². The standard InChI is InChI=1S/C9H14N2O3/c1-3-7-5-10-8(14-7)6-11-9(12)13-4-2/h5H,3-4,6H2,1-2H3,(H,11,12). The van der Waals surface area contributed by atoms with E-state index in [0.29, 0.717) is 12.5 Å². The van der Waals surface area contributed by atoms with E-state index in [9.17, 15) is 4.79 Å². The number of hydrogen-bond donors (Lipinski definition) is 1. The normalized spacial score (nSPS) is 9.86. The van der Waals surface area contributed by atoms with Gasteiger partial charge in [-0.1, -0.05) is 6.92 Å². The van der Waals surface area contributed by atoms with E-state index in [1.165, 1.54) is 0 Å². The number of alkyl carbamates (subject to hydrolysis) is 1. The summed E-state index contributed by atoms with van der Waals surface area (Å²) >= 11 is 0. The van der Waals surface area contributed by atoms with Gasteiger partial charge in [0.05, 0.1) is 19.3 Å². The third kappa shape index (κ3) is 3.08. The van der Waals surface area contributed by atoms with Gasteiger partial charge in [0.15, 0.2) is 0 Å². The van der Waals surface area contributed by atoms with Crippen molar-refractivity contribution in [2.24, 2.45) is 0 Å². The number of carbonyl (C=O) groups is 1. The number of nitrogens with zero attached hydrogens (tertiary/aromatic N) is 1. The van der Waals surface area contributed by atoms with Crippen molar-refractivity contribution in [3.63, 3.8) is 0 Å². The fraction of sp³-hybridized carbons (Fsp3) is 0.556. The second-order valence-corrected chi connectivity index (χ2v) is 2.65. The van der Waals surface area contributed by atoms with Gasteiger partial charge in [0.25, 0.3) is 0 Å². The van der Waals surface area contributed by atoms with Gasteiger partial charge >= 0.3 is 6.09 Å². The maximum Gasteiger partial charge on any atom is 0.407 e. The summed E-state index contributed by atoms with van der Waals surface area (Å²) in [7, 11) is 0. The molecular weight excluding hydrogens is 184 g/mol. The van der Waals surface area contributed by atoms with Gasteiger partial charge in [-0.3, -0.25) is 0 Å². The zero-order chi connectivity index (χ0) is 10.4. The van der Waals surface area contributed by atoms with Gasteiger partial charge in [-0.15, -0.1) is 0 Å². The van der Waals surface area contributed by atoms with Crippen molar-refractivity contribution in [3.8, 4) is 0 Å². The van der Waals surface area contributed by atoms with Gasteiger partial charge in [-0.2, -0.15) is 0 Å². The third-order valence-corrected chi connectivity index (χ3v) is 1.61. The quantitative estimate of drug-likeness (QED) is 0.795. The van der Waals surface area contributed by atoms with Crippen molar-refractivity contribution in [2.45, 2.75) is 26.8 Å². The first-order valence-electron chi connectivity index (χ1n) is 4.60. The van der Waals surface area contributed by atoms with Crippen LogP contribution in [0.5, 0.6) is 0 Å². The Labute approximate surface area is 82.5 Å². The minimum absolute atomic E-state index is 0.263. The molecule has 0 spiro atoms. The predicted octanol–water partition coefficient (Wildman–Crippen LogP) is 1.48. The van der Waals surface area contributed by atoms with E-state index in [1.807, 2.05) is 6.92 Å². The topological polar surface area (TPSA) is 64.4 Å². The number of oxazole rings is 1. The zero-order valence-corrected chi connectivity index (χ0v) is 8.37. The van der Waals surface area contributed by atoms with Crippen LogP contribution < -0.4 is 5.32 Å². The van der Waals surface area contributed by atoms with Crippen LogP contribution in [0.4, 0.5) is 4.79 Å². The fourth-order valence-electron chi connectivity index (χ4n) is 0.923. The molecule has 1 amide bonds. The van der Waals surface area contributed by atoms with Crippen LogP contribution in [0.3, 0.4) is 0 Å². The lowest BCUT2D eigenvalue weighted by atomic mass is 10.4. The molecule has 0 aliphatic carbocycles. The zero-order valence-electron chi connectivity index (χ0n) is 8.37. The molecule has 1 heterocycles. The first-order valence-corrected chi connectivity index (χ1v) is 4.60. The molecule has 0 saturated heterocycles. The van der Waals surface area contributed by atoms with E-state index >= 15 is 0 Å². The van der Waals surface area contributed by atoms with Gasteiger partial charge < -0.3 is 14.5 Å². The summed E-state index contributed by atoms with van der Waals surface area (Å²) in [6, 6.07) is 0. The Morgan fingerprint density at radius 1 is 1.64 bits per heavy atom. The molecule has 0 unspecified atom stereocenters. The molecule has 0 aliphatic rings. The largest absolute Gasteiger partial charge is 0.450 e. The summed E-state index contributed by atoms with van der Waals surface area (Å²) in [5, 5.41) is 2.52. The molecule has 14 heavy (non-hydrogen) atoms. The highest BCUT2D eigenvalue weighted by molar-refractivity contribution is 5.66. The molecule has 1 rings (SSSR count). The Hall–Kier alpha value is -1.52. The molecule has 78 valence electrons. The third-order valence-electron chi connectivity index (χ3n) is 1.61. The highest BCUT2D eigenvalue weighted by Gasteiger charge is 2.04. The number of nitrogens with one attached hydrogen (secondary N) is 1. The summed E-state index contributed by atoms with van der Waals surface area (Å²) in [5.74, 6) is 1.31. The van der Waals surface area contributed by atoms with Crippen molar-refractivity contribution in [2.75, 3.05) is 6.61 Å². The van der Waals surface area contributed by atoms with Crippen LogP contribution in [-0.2, 0) is 17.7 Å². The van der Waals surface area contributed by atoms with Crippen molar-refractivity contribution in [1.29, 1.82) is 0 Å². The van der Waals surface area contributed by atoms with E-state index in [1.54, 1.807) is 13.1 Å². The smallest absolute Gasteiger partial charge is 0.407 e. The molecule has 1 aromatic heterocycles. The summed E-state index contributed by atoms with van der Waals surface area (Å²) < 4.78 is 9.96. The second-order valence-electron chi connectivity index (χ2n) is 2.65. The molecule has 5 nitrogen and oxygen atoms in total. The number of rotatable bonds is 4. The molecule has 0 bridgehead atoms. The van der Waals surface area contributed by atoms with Crippen LogP contribution in [0.25, 0.3) is 0 Å².